The van der Waals surface area contributed by atoms with Crippen molar-refractivity contribution in [3.63, 3.8) is 0 Å². The van der Waals surface area contributed by atoms with Crippen LogP contribution in [0.5, 0.6) is 0 Å². The molecule has 0 bridgehead atoms. The van der Waals surface area contributed by atoms with E-state index in [0.717, 1.165) is 0 Å². The summed E-state index contributed by atoms with van der Waals surface area (Å²) in [6.07, 6.45) is -36.3. The molecule has 0 aromatic heterocycles. The van der Waals surface area contributed by atoms with Crippen LogP contribution in [0, 0.1) is 11.8 Å². The molecule has 3 unspecified atom stereocenters. The summed E-state index contributed by atoms with van der Waals surface area (Å²) in [6, 6.07) is 0. The van der Waals surface area contributed by atoms with Crippen LogP contribution in [0.1, 0.15) is 32.6 Å². The highest BCUT2D eigenvalue weighted by atomic mass is 19.4. The normalized spacial score (nSPS) is 19.0. The highest BCUT2D eigenvalue weighted by molar-refractivity contribution is 4.98. The van der Waals surface area contributed by atoms with Gasteiger partial charge in [-0.1, -0.05) is 6.08 Å². The third kappa shape index (κ3) is 11.5. The van der Waals surface area contributed by atoms with E-state index in [4.69, 9.17) is 0 Å². The minimum absolute atomic E-state index is 0.446. The van der Waals surface area contributed by atoms with Gasteiger partial charge in [0.1, 0.15) is 0 Å². The third-order valence-corrected chi connectivity index (χ3v) is 4.18. The first-order valence-electron chi connectivity index (χ1n) is 8.49. The highest BCUT2D eigenvalue weighted by Gasteiger charge is 2.59. The lowest BCUT2D eigenvalue weighted by molar-refractivity contribution is -0.252. The van der Waals surface area contributed by atoms with Gasteiger partial charge in [0.05, 0.1) is 24.7 Å². The largest absolute Gasteiger partial charge is 0.422 e. The lowest BCUT2D eigenvalue weighted by Gasteiger charge is -2.32. The molecule has 0 saturated heterocycles. The molecule has 3 atom stereocenters. The Balaban J connectivity index is 5.78. The van der Waals surface area contributed by atoms with Crippen molar-refractivity contribution in [2.75, 3.05) is 0 Å². The summed E-state index contributed by atoms with van der Waals surface area (Å²) in [6.45, 7) is -0.446. The summed E-state index contributed by atoms with van der Waals surface area (Å²) < 4.78 is 219. The molecule has 0 rings (SSSR count). The molecule has 0 radical (unpaired) electrons. The Hall–Kier alpha value is -1.45. The topological polar surface area (TPSA) is 0 Å². The van der Waals surface area contributed by atoms with E-state index < -0.39 is 98.8 Å². The fourth-order valence-corrected chi connectivity index (χ4v) is 2.65. The van der Waals surface area contributed by atoms with Crippen LogP contribution in [0.15, 0.2) is 12.2 Å². The van der Waals surface area contributed by atoms with Gasteiger partial charge in [-0.3, -0.25) is 0 Å². The molecule has 0 nitrogen and oxygen atoms in total. The maximum absolute atomic E-state index is 13.8. The van der Waals surface area contributed by atoms with Crippen molar-refractivity contribution in [1.82, 2.24) is 0 Å². The third-order valence-electron chi connectivity index (χ3n) is 4.18. The van der Waals surface area contributed by atoms with E-state index in [1.165, 1.54) is 0 Å². The minimum atomic E-state index is -5.97. The smallest absolute Gasteiger partial charge is 0.234 e. The fraction of sp³-hybridized carbons (Fsp3) is 0.875. The Morgan fingerprint density at radius 3 is 1.39 bits per heavy atom. The van der Waals surface area contributed by atoms with Crippen molar-refractivity contribution < 1.29 is 74.6 Å². The van der Waals surface area contributed by atoms with Crippen molar-refractivity contribution in [2.45, 2.75) is 74.8 Å². The van der Waals surface area contributed by atoms with E-state index in [-0.39, 0.29) is 0 Å². The molecule has 33 heavy (non-hydrogen) atoms. The lowest BCUT2D eigenvalue weighted by atomic mass is 9.86. The molecule has 0 aliphatic heterocycles. The molecule has 0 spiro atoms. The van der Waals surface area contributed by atoms with Gasteiger partial charge < -0.3 is 0 Å². The number of rotatable bonds is 9. The molecule has 0 N–H and O–H groups in total. The maximum atomic E-state index is 13.8. The van der Waals surface area contributed by atoms with Crippen molar-refractivity contribution in [1.29, 1.82) is 0 Å². The van der Waals surface area contributed by atoms with Crippen LogP contribution in [-0.4, -0.2) is 42.2 Å². The molecule has 0 aromatic rings. The summed E-state index contributed by atoms with van der Waals surface area (Å²) in [5.41, 5.74) is -4.74. The Morgan fingerprint density at radius 2 is 1.06 bits per heavy atom. The molecule has 0 aliphatic rings. The van der Waals surface area contributed by atoms with Gasteiger partial charge in [-0.15, -0.1) is 0 Å². The van der Waals surface area contributed by atoms with Crippen LogP contribution in [0.25, 0.3) is 0 Å². The first-order chi connectivity index (χ1) is 14.1. The van der Waals surface area contributed by atoms with Crippen LogP contribution in [0.2, 0.25) is 0 Å². The number of alkyl halides is 17. The van der Waals surface area contributed by atoms with E-state index in [9.17, 15) is 74.6 Å². The van der Waals surface area contributed by atoms with Gasteiger partial charge in [0, 0.05) is 12.5 Å². The average Bonchev–Trinajstić information content (AvgIpc) is 2.42. The molecule has 0 saturated carbocycles. The molecule has 0 aliphatic carbocycles. The van der Waals surface area contributed by atoms with E-state index in [1.54, 1.807) is 0 Å². The Labute approximate surface area is 174 Å². The molecular formula is C16H15F17. The fourth-order valence-electron chi connectivity index (χ4n) is 2.65. The molecule has 0 heterocycles. The Bertz CT molecular complexity index is 644. The van der Waals surface area contributed by atoms with E-state index in [2.05, 4.69) is 0 Å². The van der Waals surface area contributed by atoms with E-state index in [1.807, 2.05) is 0 Å². The van der Waals surface area contributed by atoms with Gasteiger partial charge >= 0.3 is 24.7 Å². The van der Waals surface area contributed by atoms with Gasteiger partial charge in [0.2, 0.25) is 5.67 Å². The van der Waals surface area contributed by atoms with Crippen molar-refractivity contribution in [3.8, 4) is 0 Å². The lowest BCUT2D eigenvalue weighted by Crippen LogP contribution is -2.45. The number of halogens is 17. The number of allylic oxidation sites excluding steroid dienone is 2. The summed E-state index contributed by atoms with van der Waals surface area (Å²) >= 11 is 0. The van der Waals surface area contributed by atoms with Gasteiger partial charge in [-0.25, -0.2) is 22.0 Å². The summed E-state index contributed by atoms with van der Waals surface area (Å²) in [7, 11) is 0. The zero-order valence-corrected chi connectivity index (χ0v) is 16.1. The molecule has 0 amide bonds. The zero-order valence-electron chi connectivity index (χ0n) is 16.1. The van der Waals surface area contributed by atoms with Crippen LogP contribution in [-0.2, 0) is 0 Å². The van der Waals surface area contributed by atoms with Gasteiger partial charge in [0.15, 0.2) is 0 Å². The standard InChI is InChI=1S/C16H15F17/c1-10(17,16(31,32)33)6-12(20,21)7-11(18,19)5-9(15(28,29)30)4-8(14(25,26)27)2-3-13(22,23)24/h2-3,8-9H,4-7H2,1H3. The first-order valence-corrected chi connectivity index (χ1v) is 8.49. The monoisotopic (exact) mass is 530 g/mol. The quantitative estimate of drug-likeness (QED) is 0.207. The maximum Gasteiger partial charge on any atom is 0.422 e. The second-order valence-electron chi connectivity index (χ2n) is 7.49. The van der Waals surface area contributed by atoms with Gasteiger partial charge in [-0.05, 0) is 13.3 Å². The second kappa shape index (κ2) is 9.66. The van der Waals surface area contributed by atoms with Gasteiger partial charge in [0.25, 0.3) is 11.8 Å². The van der Waals surface area contributed by atoms with E-state index >= 15 is 0 Å². The SMILES string of the molecule is CC(F)(CC(F)(F)CC(F)(F)CC(CC(C=CC(F)(F)F)C(F)(F)F)C(F)(F)F)C(F)(F)F. The minimum Gasteiger partial charge on any atom is -0.234 e. The van der Waals surface area contributed by atoms with Crippen LogP contribution >= 0.6 is 0 Å². The molecule has 0 fully saturated rings. The number of hydrogen-bond donors (Lipinski definition) is 0. The summed E-state index contributed by atoms with van der Waals surface area (Å²) in [4.78, 5) is 0. The van der Waals surface area contributed by atoms with Crippen molar-refractivity contribution >= 4 is 0 Å². The molecule has 0 aromatic carbocycles. The van der Waals surface area contributed by atoms with Gasteiger partial charge in [-0.2, -0.15) is 52.7 Å². The Kier molecular flexibility index (Phi) is 9.24. The molecular weight excluding hydrogens is 515 g/mol. The summed E-state index contributed by atoms with van der Waals surface area (Å²) in [5, 5.41) is 0. The summed E-state index contributed by atoms with van der Waals surface area (Å²) in [5.74, 6) is -17.9. The second-order valence-corrected chi connectivity index (χ2v) is 7.49. The Morgan fingerprint density at radius 1 is 0.606 bits per heavy atom. The average molecular weight is 530 g/mol. The predicted octanol–water partition coefficient (Wildman–Crippen LogP) is 8.58. The molecule has 198 valence electrons. The van der Waals surface area contributed by atoms with Crippen molar-refractivity contribution in [3.05, 3.63) is 12.2 Å². The first kappa shape index (κ1) is 31.6. The predicted molar refractivity (Wildman–Crippen MR) is 78.2 cm³/mol. The van der Waals surface area contributed by atoms with Crippen molar-refractivity contribution in [2.24, 2.45) is 11.8 Å². The number of hydrogen-bond acceptors (Lipinski definition) is 0. The van der Waals surface area contributed by atoms with Crippen LogP contribution in [0.4, 0.5) is 74.6 Å². The van der Waals surface area contributed by atoms with E-state index in [0.29, 0.717) is 0 Å². The molecule has 17 heteroatoms. The highest BCUT2D eigenvalue weighted by Crippen LogP contribution is 2.48. The van der Waals surface area contributed by atoms with Crippen LogP contribution < -0.4 is 0 Å². The van der Waals surface area contributed by atoms with Crippen LogP contribution in [0.3, 0.4) is 0 Å². The zero-order chi connectivity index (χ0) is 26.9.